The van der Waals surface area contributed by atoms with E-state index in [1.807, 2.05) is 24.3 Å². The first-order valence-electron chi connectivity index (χ1n) is 6.42. The predicted molar refractivity (Wildman–Crippen MR) is 87.8 cm³/mol. The number of aliphatic hydroxyl groups excluding tert-OH is 2. The van der Waals surface area contributed by atoms with Crippen LogP contribution in [0.4, 0.5) is 4.39 Å². The highest BCUT2D eigenvalue weighted by molar-refractivity contribution is 9.10. The van der Waals surface area contributed by atoms with Crippen molar-refractivity contribution in [3.8, 4) is 0 Å². The Hall–Kier alpha value is -0.750. The smallest absolute Gasteiger partial charge is 0.126 e. The van der Waals surface area contributed by atoms with Gasteiger partial charge in [0, 0.05) is 14.4 Å². The molecular formula is C16H15Br2FO2. The summed E-state index contributed by atoms with van der Waals surface area (Å²) in [6.45, 7) is -0.534. The zero-order chi connectivity index (χ0) is 15.5. The Bertz CT molecular complexity index is 610. The van der Waals surface area contributed by atoms with Crippen LogP contribution in [0, 0.1) is 5.82 Å². The lowest BCUT2D eigenvalue weighted by atomic mass is 9.77. The summed E-state index contributed by atoms with van der Waals surface area (Å²) in [4.78, 5) is 0. The molecule has 0 aliphatic rings. The minimum Gasteiger partial charge on any atom is -0.395 e. The van der Waals surface area contributed by atoms with Crippen LogP contribution in [-0.2, 0) is 11.8 Å². The summed E-state index contributed by atoms with van der Waals surface area (Å²) < 4.78 is 15.6. The highest BCUT2D eigenvalue weighted by Gasteiger charge is 2.32. The number of hydrogen-bond acceptors (Lipinski definition) is 2. The molecule has 0 radical (unpaired) electrons. The fourth-order valence-electron chi connectivity index (χ4n) is 2.29. The number of aliphatic hydroxyl groups is 2. The molecule has 0 saturated heterocycles. The lowest BCUT2D eigenvalue weighted by molar-refractivity contribution is 0.115. The van der Waals surface area contributed by atoms with Crippen molar-refractivity contribution in [2.75, 3.05) is 13.2 Å². The van der Waals surface area contributed by atoms with Crippen LogP contribution in [0.3, 0.4) is 0 Å². The van der Waals surface area contributed by atoms with Gasteiger partial charge in [-0.15, -0.1) is 0 Å². The molecule has 0 aliphatic carbocycles. The Kier molecular flexibility index (Phi) is 5.54. The van der Waals surface area contributed by atoms with Crippen molar-refractivity contribution in [2.45, 2.75) is 11.8 Å². The third-order valence-electron chi connectivity index (χ3n) is 3.60. The first-order valence-corrected chi connectivity index (χ1v) is 8.01. The van der Waals surface area contributed by atoms with Crippen molar-refractivity contribution in [3.63, 3.8) is 0 Å². The standard InChI is InChI=1S/C16H15Br2FO2/c17-13-3-1-12(2-4-13)16(9-20,10-21)8-11-7-14(18)5-6-15(11)19/h1-7,20-21H,8-10H2. The van der Waals surface area contributed by atoms with Gasteiger partial charge in [0.15, 0.2) is 0 Å². The molecule has 0 heterocycles. The largest absolute Gasteiger partial charge is 0.395 e. The van der Waals surface area contributed by atoms with E-state index in [1.54, 1.807) is 12.1 Å². The summed E-state index contributed by atoms with van der Waals surface area (Å²) in [5.41, 5.74) is 0.313. The van der Waals surface area contributed by atoms with Crippen LogP contribution in [0.2, 0.25) is 0 Å². The van der Waals surface area contributed by atoms with Crippen molar-refractivity contribution < 1.29 is 14.6 Å². The van der Waals surface area contributed by atoms with Gasteiger partial charge in [-0.3, -0.25) is 0 Å². The van der Waals surface area contributed by atoms with E-state index >= 15 is 0 Å². The molecule has 2 nitrogen and oxygen atoms in total. The Morgan fingerprint density at radius 1 is 0.905 bits per heavy atom. The molecule has 0 saturated carbocycles. The average Bonchev–Trinajstić information content (AvgIpc) is 2.49. The normalized spacial score (nSPS) is 11.7. The Labute approximate surface area is 139 Å². The molecule has 2 aromatic rings. The summed E-state index contributed by atoms with van der Waals surface area (Å²) in [6, 6.07) is 12.0. The average molecular weight is 418 g/mol. The van der Waals surface area contributed by atoms with E-state index in [0.29, 0.717) is 5.56 Å². The van der Waals surface area contributed by atoms with Crippen LogP contribution in [0.1, 0.15) is 11.1 Å². The van der Waals surface area contributed by atoms with Gasteiger partial charge in [-0.05, 0) is 47.9 Å². The molecule has 112 valence electrons. The van der Waals surface area contributed by atoms with Crippen LogP contribution in [0.15, 0.2) is 51.4 Å². The van der Waals surface area contributed by atoms with E-state index in [0.717, 1.165) is 14.5 Å². The third kappa shape index (κ3) is 3.72. The maximum absolute atomic E-state index is 14.0. The fraction of sp³-hybridized carbons (Fsp3) is 0.250. The van der Waals surface area contributed by atoms with E-state index in [2.05, 4.69) is 31.9 Å². The predicted octanol–water partition coefficient (Wildman–Crippen LogP) is 3.82. The van der Waals surface area contributed by atoms with Crippen LogP contribution < -0.4 is 0 Å². The van der Waals surface area contributed by atoms with E-state index in [-0.39, 0.29) is 25.5 Å². The van der Waals surface area contributed by atoms with Gasteiger partial charge in [-0.25, -0.2) is 4.39 Å². The second-order valence-electron chi connectivity index (χ2n) is 5.02. The van der Waals surface area contributed by atoms with E-state index in [9.17, 15) is 14.6 Å². The van der Waals surface area contributed by atoms with Crippen molar-refractivity contribution in [3.05, 3.63) is 68.4 Å². The molecule has 2 rings (SSSR count). The molecule has 2 aromatic carbocycles. The second kappa shape index (κ2) is 7.01. The molecule has 0 spiro atoms. The lowest BCUT2D eigenvalue weighted by Crippen LogP contribution is -2.37. The van der Waals surface area contributed by atoms with Gasteiger partial charge >= 0.3 is 0 Å². The summed E-state index contributed by atoms with van der Waals surface area (Å²) in [6.07, 6.45) is 0.215. The Balaban J connectivity index is 2.42. The first-order chi connectivity index (χ1) is 10.0. The van der Waals surface area contributed by atoms with E-state index in [4.69, 9.17) is 0 Å². The van der Waals surface area contributed by atoms with Crippen molar-refractivity contribution in [1.29, 1.82) is 0 Å². The first kappa shape index (κ1) is 16.6. The maximum Gasteiger partial charge on any atom is 0.126 e. The van der Waals surface area contributed by atoms with E-state index < -0.39 is 5.41 Å². The van der Waals surface area contributed by atoms with Gasteiger partial charge in [0.25, 0.3) is 0 Å². The molecule has 0 fully saturated rings. The summed E-state index contributed by atoms with van der Waals surface area (Å²) in [7, 11) is 0. The van der Waals surface area contributed by atoms with Gasteiger partial charge in [-0.1, -0.05) is 44.0 Å². The summed E-state index contributed by atoms with van der Waals surface area (Å²) in [5, 5.41) is 19.6. The summed E-state index contributed by atoms with van der Waals surface area (Å²) in [5.74, 6) is -0.346. The molecule has 2 N–H and O–H groups in total. The molecule has 0 bridgehead atoms. The highest BCUT2D eigenvalue weighted by atomic mass is 79.9. The van der Waals surface area contributed by atoms with Gasteiger partial charge in [0.2, 0.25) is 0 Å². The van der Waals surface area contributed by atoms with Crippen molar-refractivity contribution in [1.82, 2.24) is 0 Å². The second-order valence-corrected chi connectivity index (χ2v) is 6.85. The molecule has 5 heteroatoms. The topological polar surface area (TPSA) is 40.5 Å². The zero-order valence-corrected chi connectivity index (χ0v) is 14.4. The van der Waals surface area contributed by atoms with Crippen LogP contribution >= 0.6 is 31.9 Å². The number of benzene rings is 2. The summed E-state index contributed by atoms with van der Waals surface area (Å²) >= 11 is 6.67. The third-order valence-corrected chi connectivity index (χ3v) is 4.62. The molecule has 0 aliphatic heterocycles. The van der Waals surface area contributed by atoms with Crippen LogP contribution in [-0.4, -0.2) is 23.4 Å². The molecule has 21 heavy (non-hydrogen) atoms. The number of rotatable bonds is 5. The van der Waals surface area contributed by atoms with Crippen LogP contribution in [0.5, 0.6) is 0 Å². The van der Waals surface area contributed by atoms with E-state index in [1.165, 1.54) is 6.07 Å². The molecule has 0 amide bonds. The number of hydrogen-bond donors (Lipinski definition) is 2. The van der Waals surface area contributed by atoms with Crippen LogP contribution in [0.25, 0.3) is 0 Å². The number of halogens is 3. The van der Waals surface area contributed by atoms with Gasteiger partial charge in [0.05, 0.1) is 13.2 Å². The van der Waals surface area contributed by atoms with Gasteiger partial charge in [0.1, 0.15) is 5.82 Å². The van der Waals surface area contributed by atoms with Gasteiger partial charge < -0.3 is 10.2 Å². The molecule has 0 aromatic heterocycles. The minimum atomic E-state index is -0.914. The maximum atomic E-state index is 14.0. The van der Waals surface area contributed by atoms with Crippen molar-refractivity contribution in [2.24, 2.45) is 0 Å². The Morgan fingerprint density at radius 3 is 2.05 bits per heavy atom. The van der Waals surface area contributed by atoms with Gasteiger partial charge in [-0.2, -0.15) is 0 Å². The SMILES string of the molecule is OCC(CO)(Cc1cc(Br)ccc1F)c1ccc(Br)cc1. The van der Waals surface area contributed by atoms with Crippen molar-refractivity contribution >= 4 is 31.9 Å². The Morgan fingerprint density at radius 2 is 1.48 bits per heavy atom. The minimum absolute atomic E-state index is 0.215. The molecular weight excluding hydrogens is 403 g/mol. The monoisotopic (exact) mass is 416 g/mol. The molecule has 0 unspecified atom stereocenters. The highest BCUT2D eigenvalue weighted by Crippen LogP contribution is 2.31. The fourth-order valence-corrected chi connectivity index (χ4v) is 2.97. The quantitative estimate of drug-likeness (QED) is 0.776. The zero-order valence-electron chi connectivity index (χ0n) is 11.2. The molecule has 0 atom stereocenters. The lowest BCUT2D eigenvalue weighted by Gasteiger charge is -2.31.